The largest absolute Gasteiger partial charge is 0.497 e. The Hall–Kier alpha value is -1.59. The summed E-state index contributed by atoms with van der Waals surface area (Å²) in [7, 11) is 1.63. The van der Waals surface area contributed by atoms with E-state index >= 15 is 0 Å². The molecule has 1 amide bonds. The second-order valence-electron chi connectivity index (χ2n) is 4.04. The molecule has 2 rings (SSSR count). The summed E-state index contributed by atoms with van der Waals surface area (Å²) in [6.45, 7) is 0.501. The van der Waals surface area contributed by atoms with E-state index in [1.54, 1.807) is 30.6 Å². The molecule has 1 aromatic carbocycles. The van der Waals surface area contributed by atoms with Gasteiger partial charge in [0, 0.05) is 17.5 Å². The molecule has 2 aromatic rings. The maximum atomic E-state index is 11.7. The maximum Gasteiger partial charge on any atom is 0.244 e. The van der Waals surface area contributed by atoms with Gasteiger partial charge in [-0.3, -0.25) is 4.79 Å². The molecule has 3 nitrogen and oxygen atoms in total. The fourth-order valence-corrected chi connectivity index (χ4v) is 2.89. The highest BCUT2D eigenvalue weighted by Crippen LogP contribution is 2.22. The van der Waals surface area contributed by atoms with Crippen LogP contribution in [0.1, 0.15) is 10.4 Å². The van der Waals surface area contributed by atoms with Gasteiger partial charge in [0.1, 0.15) is 5.75 Å². The van der Waals surface area contributed by atoms with Crippen LogP contribution in [-0.4, -0.2) is 13.0 Å². The molecule has 1 N–H and O–H groups in total. The molecule has 0 spiro atoms. The van der Waals surface area contributed by atoms with Crippen molar-refractivity contribution in [2.24, 2.45) is 0 Å². The van der Waals surface area contributed by atoms with Gasteiger partial charge < -0.3 is 10.1 Å². The van der Waals surface area contributed by atoms with Crippen LogP contribution in [0.3, 0.4) is 0 Å². The molecule has 0 radical (unpaired) electrons. The Morgan fingerprint density at radius 3 is 2.65 bits per heavy atom. The van der Waals surface area contributed by atoms with E-state index in [9.17, 15) is 4.79 Å². The summed E-state index contributed by atoms with van der Waals surface area (Å²) >= 11 is 4.97. The first kappa shape index (κ1) is 14.8. The molecule has 0 aliphatic carbocycles. The molecular weight excluding hydrogens is 338 g/mol. The van der Waals surface area contributed by atoms with E-state index in [2.05, 4.69) is 21.2 Å². The molecule has 0 unspecified atom stereocenters. The minimum absolute atomic E-state index is 0.106. The number of methoxy groups -OCH3 is 1. The molecule has 20 heavy (non-hydrogen) atoms. The Morgan fingerprint density at radius 2 is 2.05 bits per heavy atom. The standard InChI is InChI=1S/C15H14BrNO2S/c1-19-12-4-2-11(3-5-12)10-17-15(18)9-7-13-6-8-14(16)20-13/h2-9H,10H2,1H3,(H,17,18)/b9-7+. The average molecular weight is 352 g/mol. The SMILES string of the molecule is COc1ccc(CNC(=O)/C=C/c2ccc(Br)s2)cc1. The molecule has 0 atom stereocenters. The Kier molecular flexibility index (Phi) is 5.38. The minimum Gasteiger partial charge on any atom is -0.497 e. The Morgan fingerprint density at radius 1 is 1.30 bits per heavy atom. The number of thiophene rings is 1. The summed E-state index contributed by atoms with van der Waals surface area (Å²) in [5.74, 6) is 0.702. The molecule has 0 bridgehead atoms. The highest BCUT2D eigenvalue weighted by Gasteiger charge is 1.98. The van der Waals surface area contributed by atoms with Gasteiger partial charge in [-0.2, -0.15) is 0 Å². The molecule has 104 valence electrons. The van der Waals surface area contributed by atoms with Gasteiger partial charge in [0.15, 0.2) is 0 Å². The zero-order valence-electron chi connectivity index (χ0n) is 10.9. The molecule has 0 aliphatic rings. The van der Waals surface area contributed by atoms with Crippen LogP contribution in [0.2, 0.25) is 0 Å². The molecule has 0 saturated heterocycles. The van der Waals surface area contributed by atoms with Crippen molar-refractivity contribution in [1.82, 2.24) is 5.32 Å². The number of ether oxygens (including phenoxy) is 1. The summed E-state index contributed by atoms with van der Waals surface area (Å²) in [6.07, 6.45) is 3.35. The van der Waals surface area contributed by atoms with E-state index in [1.807, 2.05) is 36.4 Å². The smallest absolute Gasteiger partial charge is 0.244 e. The van der Waals surface area contributed by atoms with E-state index in [0.717, 1.165) is 20.0 Å². The van der Waals surface area contributed by atoms with Gasteiger partial charge in [-0.1, -0.05) is 12.1 Å². The number of halogens is 1. The van der Waals surface area contributed by atoms with Crippen molar-refractivity contribution in [3.05, 3.63) is 56.7 Å². The quantitative estimate of drug-likeness (QED) is 0.830. The maximum absolute atomic E-state index is 11.7. The van der Waals surface area contributed by atoms with Gasteiger partial charge in [-0.25, -0.2) is 0 Å². The van der Waals surface area contributed by atoms with Crippen LogP contribution in [0, 0.1) is 0 Å². The fraction of sp³-hybridized carbons (Fsp3) is 0.133. The molecule has 0 aliphatic heterocycles. The predicted octanol–water partition coefficient (Wildman–Crippen LogP) is 3.85. The second kappa shape index (κ2) is 7.26. The van der Waals surface area contributed by atoms with E-state index in [1.165, 1.54) is 0 Å². The Balaban J connectivity index is 1.83. The third-order valence-corrected chi connectivity index (χ3v) is 4.21. The summed E-state index contributed by atoms with van der Waals surface area (Å²) < 4.78 is 6.13. The van der Waals surface area contributed by atoms with E-state index in [-0.39, 0.29) is 5.91 Å². The van der Waals surface area contributed by atoms with E-state index in [4.69, 9.17) is 4.74 Å². The lowest BCUT2D eigenvalue weighted by Crippen LogP contribution is -2.20. The van der Waals surface area contributed by atoms with Crippen molar-refractivity contribution in [2.75, 3.05) is 7.11 Å². The lowest BCUT2D eigenvalue weighted by atomic mass is 10.2. The molecule has 1 aromatic heterocycles. The zero-order chi connectivity index (χ0) is 14.4. The minimum atomic E-state index is -0.106. The van der Waals surface area contributed by atoms with Crippen LogP contribution in [0.25, 0.3) is 6.08 Å². The first-order valence-electron chi connectivity index (χ1n) is 6.01. The Labute approximate surface area is 130 Å². The van der Waals surface area contributed by atoms with Crippen molar-refractivity contribution in [2.45, 2.75) is 6.54 Å². The first-order valence-corrected chi connectivity index (χ1v) is 7.62. The molecular formula is C15H14BrNO2S. The second-order valence-corrected chi connectivity index (χ2v) is 6.54. The third-order valence-electron chi connectivity index (χ3n) is 2.62. The van der Waals surface area contributed by atoms with Gasteiger partial charge in [-0.15, -0.1) is 11.3 Å². The zero-order valence-corrected chi connectivity index (χ0v) is 13.3. The van der Waals surface area contributed by atoms with Crippen molar-refractivity contribution in [1.29, 1.82) is 0 Å². The molecule has 1 heterocycles. The van der Waals surface area contributed by atoms with Gasteiger partial charge in [0.2, 0.25) is 5.91 Å². The molecule has 5 heteroatoms. The normalized spacial score (nSPS) is 10.7. The summed E-state index contributed by atoms with van der Waals surface area (Å²) in [5, 5.41) is 2.84. The van der Waals surface area contributed by atoms with Crippen LogP contribution in [0.5, 0.6) is 5.75 Å². The van der Waals surface area contributed by atoms with Gasteiger partial charge in [0.25, 0.3) is 0 Å². The lowest BCUT2D eigenvalue weighted by molar-refractivity contribution is -0.116. The van der Waals surface area contributed by atoms with E-state index in [0.29, 0.717) is 6.54 Å². The van der Waals surface area contributed by atoms with Crippen molar-refractivity contribution >= 4 is 39.2 Å². The van der Waals surface area contributed by atoms with Crippen LogP contribution < -0.4 is 10.1 Å². The van der Waals surface area contributed by atoms with Gasteiger partial charge in [0.05, 0.1) is 10.9 Å². The number of carbonyl (C=O) groups is 1. The highest BCUT2D eigenvalue weighted by atomic mass is 79.9. The number of amides is 1. The predicted molar refractivity (Wildman–Crippen MR) is 85.9 cm³/mol. The lowest BCUT2D eigenvalue weighted by Gasteiger charge is -2.04. The Bertz CT molecular complexity index is 605. The molecule has 0 fully saturated rings. The number of rotatable bonds is 5. The van der Waals surface area contributed by atoms with Crippen molar-refractivity contribution in [3.8, 4) is 5.75 Å². The van der Waals surface area contributed by atoms with Crippen LogP contribution >= 0.6 is 27.3 Å². The summed E-state index contributed by atoms with van der Waals surface area (Å²) in [5.41, 5.74) is 1.03. The van der Waals surface area contributed by atoms with Crippen molar-refractivity contribution < 1.29 is 9.53 Å². The van der Waals surface area contributed by atoms with Crippen LogP contribution in [-0.2, 0) is 11.3 Å². The number of nitrogens with one attached hydrogen (secondary N) is 1. The average Bonchev–Trinajstić information content (AvgIpc) is 2.89. The van der Waals surface area contributed by atoms with E-state index < -0.39 is 0 Å². The topological polar surface area (TPSA) is 38.3 Å². The summed E-state index contributed by atoms with van der Waals surface area (Å²) in [4.78, 5) is 12.7. The third kappa shape index (κ3) is 4.51. The van der Waals surface area contributed by atoms with Crippen molar-refractivity contribution in [3.63, 3.8) is 0 Å². The number of hydrogen-bond acceptors (Lipinski definition) is 3. The van der Waals surface area contributed by atoms with Gasteiger partial charge >= 0.3 is 0 Å². The summed E-state index contributed by atoms with van der Waals surface area (Å²) in [6, 6.07) is 11.5. The van der Waals surface area contributed by atoms with Crippen LogP contribution in [0.4, 0.5) is 0 Å². The highest BCUT2D eigenvalue weighted by molar-refractivity contribution is 9.11. The molecule has 0 saturated carbocycles. The first-order chi connectivity index (χ1) is 9.67. The number of benzene rings is 1. The monoisotopic (exact) mass is 351 g/mol. The van der Waals surface area contributed by atoms with Gasteiger partial charge in [-0.05, 0) is 51.8 Å². The fourth-order valence-electron chi connectivity index (χ4n) is 1.57. The van der Waals surface area contributed by atoms with Crippen LogP contribution in [0.15, 0.2) is 46.3 Å². The number of carbonyl (C=O) groups excluding carboxylic acids is 1. The number of hydrogen-bond donors (Lipinski definition) is 1.